The molecule has 1 amide bonds. The Hall–Kier alpha value is -0.570. The molecule has 3 nitrogen and oxygen atoms in total. The lowest BCUT2D eigenvalue weighted by atomic mass is 9.83. The lowest BCUT2D eigenvalue weighted by Crippen LogP contribution is -2.51. The van der Waals surface area contributed by atoms with Gasteiger partial charge in [0.05, 0.1) is 0 Å². The van der Waals surface area contributed by atoms with E-state index in [1.54, 1.807) is 0 Å². The highest BCUT2D eigenvalue weighted by Gasteiger charge is 2.30. The highest BCUT2D eigenvalue weighted by molar-refractivity contribution is 5.79. The quantitative estimate of drug-likeness (QED) is 0.786. The van der Waals surface area contributed by atoms with Crippen molar-refractivity contribution in [1.29, 1.82) is 0 Å². The molecule has 1 saturated carbocycles. The molecule has 2 aliphatic rings. The van der Waals surface area contributed by atoms with Gasteiger partial charge in [-0.25, -0.2) is 0 Å². The number of carbonyl (C=O) groups excluding carboxylic acids is 1. The van der Waals surface area contributed by atoms with Crippen molar-refractivity contribution in [3.05, 3.63) is 0 Å². The van der Waals surface area contributed by atoms with Gasteiger partial charge in [0.2, 0.25) is 5.91 Å². The van der Waals surface area contributed by atoms with Gasteiger partial charge >= 0.3 is 0 Å². The van der Waals surface area contributed by atoms with Crippen molar-refractivity contribution in [2.24, 2.45) is 17.8 Å². The normalized spacial score (nSPS) is 26.0. The third-order valence-corrected chi connectivity index (χ3v) is 4.66. The molecule has 0 aromatic carbocycles. The maximum Gasteiger partial charge on any atom is 0.223 e. The number of rotatable bonds is 4. The van der Waals surface area contributed by atoms with Gasteiger partial charge in [-0.15, -0.1) is 0 Å². The van der Waals surface area contributed by atoms with E-state index in [4.69, 9.17) is 0 Å². The molecule has 0 aromatic rings. The van der Waals surface area contributed by atoms with Crippen LogP contribution in [0.25, 0.3) is 0 Å². The lowest BCUT2D eigenvalue weighted by molar-refractivity contribution is -0.127. The first-order chi connectivity index (χ1) is 8.18. The van der Waals surface area contributed by atoms with Gasteiger partial charge < -0.3 is 10.6 Å². The summed E-state index contributed by atoms with van der Waals surface area (Å²) in [7, 11) is 0. The lowest BCUT2D eigenvalue weighted by Gasteiger charge is -2.34. The summed E-state index contributed by atoms with van der Waals surface area (Å²) >= 11 is 0. The molecule has 1 unspecified atom stereocenters. The number of hydrogen-bond donors (Lipinski definition) is 2. The fraction of sp³-hybridized carbons (Fsp3) is 0.929. The largest absolute Gasteiger partial charge is 0.353 e. The van der Waals surface area contributed by atoms with E-state index in [1.165, 1.54) is 32.1 Å². The Kier molecular flexibility index (Phi) is 4.43. The Bertz CT molecular complexity index is 257. The summed E-state index contributed by atoms with van der Waals surface area (Å²) in [4.78, 5) is 12.1. The van der Waals surface area contributed by atoms with Gasteiger partial charge in [-0.05, 0) is 44.7 Å². The molecule has 2 rings (SSSR count). The minimum absolute atomic E-state index is 0.169. The maximum absolute atomic E-state index is 12.1. The van der Waals surface area contributed by atoms with Crippen LogP contribution in [0.2, 0.25) is 0 Å². The van der Waals surface area contributed by atoms with Crippen molar-refractivity contribution in [3.8, 4) is 0 Å². The standard InChI is InChI=1S/C14H26N2O/c1-10(13-8-15-9-13)14(17)16-11(2)12-6-4-3-5-7-12/h10-13,15H,3-9H2,1-2H3,(H,16,17)/t10?,11-/m1/s1. The monoisotopic (exact) mass is 238 g/mol. The van der Waals surface area contributed by atoms with Crippen LogP contribution in [0.4, 0.5) is 0 Å². The fourth-order valence-electron chi connectivity index (χ4n) is 2.99. The van der Waals surface area contributed by atoms with Crippen molar-refractivity contribution in [2.75, 3.05) is 13.1 Å². The third-order valence-electron chi connectivity index (χ3n) is 4.66. The van der Waals surface area contributed by atoms with Crippen LogP contribution in [0.1, 0.15) is 46.0 Å². The molecular formula is C14H26N2O. The fourth-order valence-corrected chi connectivity index (χ4v) is 2.99. The second kappa shape index (κ2) is 5.85. The van der Waals surface area contributed by atoms with Crippen molar-refractivity contribution in [3.63, 3.8) is 0 Å². The predicted molar refractivity (Wildman–Crippen MR) is 69.7 cm³/mol. The molecule has 2 fully saturated rings. The number of carbonyl (C=O) groups is 1. The van der Waals surface area contributed by atoms with Crippen LogP contribution in [-0.4, -0.2) is 25.0 Å². The van der Waals surface area contributed by atoms with Crippen molar-refractivity contribution >= 4 is 5.91 Å². The molecule has 1 saturated heterocycles. The van der Waals surface area contributed by atoms with Crippen molar-refractivity contribution in [2.45, 2.75) is 52.0 Å². The van der Waals surface area contributed by atoms with E-state index >= 15 is 0 Å². The third kappa shape index (κ3) is 3.21. The second-order valence-corrected chi connectivity index (χ2v) is 5.90. The molecule has 17 heavy (non-hydrogen) atoms. The molecule has 2 N–H and O–H groups in total. The van der Waals surface area contributed by atoms with E-state index in [0.29, 0.717) is 17.9 Å². The van der Waals surface area contributed by atoms with Crippen LogP contribution in [-0.2, 0) is 4.79 Å². The first-order valence-electron chi connectivity index (χ1n) is 7.19. The Balaban J connectivity index is 1.76. The Morgan fingerprint density at radius 1 is 1.12 bits per heavy atom. The summed E-state index contributed by atoms with van der Waals surface area (Å²) in [5.74, 6) is 1.69. The van der Waals surface area contributed by atoms with Crippen LogP contribution in [0, 0.1) is 17.8 Å². The molecule has 0 spiro atoms. The molecule has 0 aromatic heterocycles. The predicted octanol–water partition coefficient (Wildman–Crippen LogP) is 1.93. The van der Waals surface area contributed by atoms with E-state index in [1.807, 2.05) is 0 Å². The zero-order chi connectivity index (χ0) is 12.3. The van der Waals surface area contributed by atoms with Gasteiger partial charge in [0.15, 0.2) is 0 Å². The van der Waals surface area contributed by atoms with Gasteiger partial charge in [0, 0.05) is 12.0 Å². The average molecular weight is 238 g/mol. The highest BCUT2D eigenvalue weighted by Crippen LogP contribution is 2.26. The first-order valence-corrected chi connectivity index (χ1v) is 7.19. The van der Waals surface area contributed by atoms with E-state index in [0.717, 1.165) is 13.1 Å². The minimum Gasteiger partial charge on any atom is -0.353 e. The molecule has 1 aliphatic heterocycles. The SMILES string of the molecule is CC(C(=O)N[C@H](C)C1CCCCC1)C1CNC1. The summed E-state index contributed by atoms with van der Waals surface area (Å²) in [6, 6.07) is 0.360. The molecule has 0 bridgehead atoms. The van der Waals surface area contributed by atoms with Crippen LogP contribution >= 0.6 is 0 Å². The van der Waals surface area contributed by atoms with Crippen molar-refractivity contribution < 1.29 is 4.79 Å². The zero-order valence-corrected chi connectivity index (χ0v) is 11.2. The summed E-state index contributed by atoms with van der Waals surface area (Å²) in [5, 5.41) is 6.47. The molecule has 1 aliphatic carbocycles. The molecule has 3 heteroatoms. The summed E-state index contributed by atoms with van der Waals surface area (Å²) in [5.41, 5.74) is 0. The van der Waals surface area contributed by atoms with Gasteiger partial charge in [-0.3, -0.25) is 4.79 Å². The molecule has 2 atom stereocenters. The Labute approximate surface area is 105 Å². The molecule has 0 radical (unpaired) electrons. The van der Waals surface area contributed by atoms with Gasteiger partial charge in [-0.1, -0.05) is 26.2 Å². The van der Waals surface area contributed by atoms with E-state index in [9.17, 15) is 4.79 Å². The smallest absolute Gasteiger partial charge is 0.223 e. The molecular weight excluding hydrogens is 212 g/mol. The number of amides is 1. The average Bonchev–Trinajstić information content (AvgIpc) is 2.27. The number of nitrogens with one attached hydrogen (secondary N) is 2. The van der Waals surface area contributed by atoms with Gasteiger partial charge in [0.25, 0.3) is 0 Å². The highest BCUT2D eigenvalue weighted by atomic mass is 16.1. The zero-order valence-electron chi connectivity index (χ0n) is 11.2. The van der Waals surface area contributed by atoms with Crippen LogP contribution in [0.5, 0.6) is 0 Å². The minimum atomic E-state index is 0.169. The van der Waals surface area contributed by atoms with Crippen LogP contribution in [0.3, 0.4) is 0 Å². The summed E-state index contributed by atoms with van der Waals surface area (Å²) in [6.07, 6.45) is 6.64. The van der Waals surface area contributed by atoms with E-state index in [-0.39, 0.29) is 11.8 Å². The Morgan fingerprint density at radius 2 is 1.76 bits per heavy atom. The summed E-state index contributed by atoms with van der Waals surface area (Å²) in [6.45, 7) is 6.26. The maximum atomic E-state index is 12.1. The first kappa shape index (κ1) is 12.9. The van der Waals surface area contributed by atoms with Crippen molar-refractivity contribution in [1.82, 2.24) is 10.6 Å². The van der Waals surface area contributed by atoms with Crippen LogP contribution in [0.15, 0.2) is 0 Å². The number of hydrogen-bond acceptors (Lipinski definition) is 2. The van der Waals surface area contributed by atoms with E-state index in [2.05, 4.69) is 24.5 Å². The topological polar surface area (TPSA) is 41.1 Å². The molecule has 1 heterocycles. The van der Waals surface area contributed by atoms with Gasteiger partial charge in [-0.2, -0.15) is 0 Å². The van der Waals surface area contributed by atoms with Crippen LogP contribution < -0.4 is 10.6 Å². The van der Waals surface area contributed by atoms with E-state index < -0.39 is 0 Å². The molecule has 98 valence electrons. The summed E-state index contributed by atoms with van der Waals surface area (Å²) < 4.78 is 0. The van der Waals surface area contributed by atoms with Gasteiger partial charge in [0.1, 0.15) is 0 Å². The Morgan fingerprint density at radius 3 is 2.29 bits per heavy atom. The second-order valence-electron chi connectivity index (χ2n) is 5.90.